The van der Waals surface area contributed by atoms with Crippen molar-refractivity contribution in [2.45, 2.75) is 71.3 Å². The lowest BCUT2D eigenvalue weighted by molar-refractivity contribution is -0.142. The number of benzene rings is 3. The molecule has 4 rings (SSSR count). The number of carbonyl (C=O) groups excluding carboxylic acids is 2. The molecule has 0 bridgehead atoms. The van der Waals surface area contributed by atoms with E-state index in [1.807, 2.05) is 36.4 Å². The van der Waals surface area contributed by atoms with Gasteiger partial charge in [-0.2, -0.15) is 0 Å². The van der Waals surface area contributed by atoms with E-state index in [4.69, 9.17) is 19.6 Å². The number of methoxy groups -OCH3 is 1. The summed E-state index contributed by atoms with van der Waals surface area (Å²) in [6.07, 6.45) is 0. The molecule has 0 saturated heterocycles. The van der Waals surface area contributed by atoms with Crippen molar-refractivity contribution in [3.05, 3.63) is 77.4 Å². The monoisotopic (exact) mass is 574 g/mol. The maximum absolute atomic E-state index is 12.6. The highest BCUT2D eigenvalue weighted by molar-refractivity contribution is 6.77. The summed E-state index contributed by atoms with van der Waals surface area (Å²) < 4.78 is 20.1. The first-order valence-electron chi connectivity index (χ1n) is 14.3. The van der Waals surface area contributed by atoms with E-state index in [1.165, 1.54) is 7.11 Å². The van der Waals surface area contributed by atoms with Crippen molar-refractivity contribution in [3.63, 3.8) is 0 Å². The van der Waals surface area contributed by atoms with Crippen molar-refractivity contribution < 1.29 is 23.5 Å². The Bertz CT molecular complexity index is 1520. The van der Waals surface area contributed by atoms with E-state index in [0.717, 1.165) is 27.5 Å². The van der Waals surface area contributed by atoms with Gasteiger partial charge in [0.25, 0.3) is 0 Å². The lowest BCUT2D eigenvalue weighted by Crippen LogP contribution is -2.47. The van der Waals surface area contributed by atoms with Crippen molar-refractivity contribution in [2.24, 2.45) is 5.73 Å². The zero-order chi connectivity index (χ0) is 29.9. The minimum Gasteiger partial charge on any atom is -0.481 e. The summed E-state index contributed by atoms with van der Waals surface area (Å²) in [7, 11) is -0.821. The van der Waals surface area contributed by atoms with Gasteiger partial charge in [-0.05, 0) is 52.0 Å². The molecular formula is C33H42N2O5Si. The number of hydrogen-bond donors (Lipinski definition) is 1. The van der Waals surface area contributed by atoms with Gasteiger partial charge in [-0.25, -0.2) is 4.79 Å². The molecule has 0 fully saturated rings. The van der Waals surface area contributed by atoms with Crippen molar-refractivity contribution in [1.29, 1.82) is 0 Å². The molecule has 8 heteroatoms. The standard InChI is InChI=1S/C33H42N2O5Si/c1-21(2)41(22(3)4,23(5)6)40-19-25-16-28-32(29(17-25)39-20-30(36)38-7)31-26(33(34)37)14-11-15-27(31)35(28)18-24-12-9-8-10-13-24/h8-17,21-23H,18-20H2,1-7H3,(H2,34,37). The van der Waals surface area contributed by atoms with Crippen LogP contribution in [0.3, 0.4) is 0 Å². The molecule has 7 nitrogen and oxygen atoms in total. The number of carbonyl (C=O) groups is 2. The van der Waals surface area contributed by atoms with Crippen LogP contribution in [0.2, 0.25) is 16.6 Å². The molecule has 1 heterocycles. The van der Waals surface area contributed by atoms with Crippen molar-refractivity contribution in [3.8, 4) is 5.75 Å². The van der Waals surface area contributed by atoms with Crippen LogP contribution < -0.4 is 10.5 Å². The normalized spacial score (nSPS) is 12.1. The van der Waals surface area contributed by atoms with Gasteiger partial charge in [0.05, 0.1) is 30.1 Å². The highest BCUT2D eigenvalue weighted by Crippen LogP contribution is 2.44. The third-order valence-electron chi connectivity index (χ3n) is 8.23. The smallest absolute Gasteiger partial charge is 0.343 e. The molecule has 0 saturated carbocycles. The number of aromatic nitrogens is 1. The van der Waals surface area contributed by atoms with Crippen LogP contribution in [-0.4, -0.2) is 38.5 Å². The van der Waals surface area contributed by atoms with Gasteiger partial charge < -0.3 is 24.2 Å². The van der Waals surface area contributed by atoms with Gasteiger partial charge in [-0.15, -0.1) is 0 Å². The number of esters is 1. The number of rotatable bonds is 12. The Morgan fingerprint density at radius 2 is 1.49 bits per heavy atom. The molecule has 1 amide bonds. The third-order valence-corrected chi connectivity index (χ3v) is 14.3. The second-order valence-corrected chi connectivity index (χ2v) is 17.1. The fraction of sp³-hybridized carbons (Fsp3) is 0.394. The number of nitrogens with zero attached hydrogens (tertiary/aromatic N) is 1. The Kier molecular flexibility index (Phi) is 9.24. The van der Waals surface area contributed by atoms with Gasteiger partial charge in [0.2, 0.25) is 14.2 Å². The number of primary amides is 1. The number of amides is 1. The van der Waals surface area contributed by atoms with Gasteiger partial charge in [0.15, 0.2) is 6.61 Å². The highest BCUT2D eigenvalue weighted by atomic mass is 28.4. The molecule has 0 unspecified atom stereocenters. The maximum Gasteiger partial charge on any atom is 0.343 e. The predicted molar refractivity (Wildman–Crippen MR) is 167 cm³/mol. The molecule has 1 aromatic heterocycles. The second-order valence-electron chi connectivity index (χ2n) is 11.6. The van der Waals surface area contributed by atoms with E-state index in [0.29, 0.717) is 46.5 Å². The number of hydrogen-bond acceptors (Lipinski definition) is 5. The largest absolute Gasteiger partial charge is 0.481 e. The molecule has 0 aliphatic carbocycles. The average molecular weight is 575 g/mol. The van der Waals surface area contributed by atoms with Crippen molar-refractivity contribution >= 4 is 42.0 Å². The minimum absolute atomic E-state index is 0.261. The highest BCUT2D eigenvalue weighted by Gasteiger charge is 2.45. The molecule has 0 atom stereocenters. The topological polar surface area (TPSA) is 92.8 Å². The van der Waals surface area contributed by atoms with E-state index >= 15 is 0 Å². The summed E-state index contributed by atoms with van der Waals surface area (Å²) in [6, 6.07) is 19.8. The fourth-order valence-electron chi connectivity index (χ4n) is 6.52. The van der Waals surface area contributed by atoms with Gasteiger partial charge in [0.1, 0.15) is 5.75 Å². The average Bonchev–Trinajstić information content (AvgIpc) is 3.25. The Balaban J connectivity index is 1.97. The summed E-state index contributed by atoms with van der Waals surface area (Å²) >= 11 is 0. The molecule has 0 spiro atoms. The Labute approximate surface area is 243 Å². The fourth-order valence-corrected chi connectivity index (χ4v) is 11.9. The molecule has 0 aliphatic heterocycles. The molecule has 3 aromatic carbocycles. The zero-order valence-corrected chi connectivity index (χ0v) is 26.2. The maximum atomic E-state index is 12.6. The van der Waals surface area contributed by atoms with Crippen LogP contribution in [0.25, 0.3) is 21.8 Å². The number of ether oxygens (including phenoxy) is 2. The SMILES string of the molecule is COC(=O)COc1cc(CO[Si](C(C)C)(C(C)C)C(C)C)cc2c1c1c(C(N)=O)cccc1n2Cc1ccccc1. The van der Waals surface area contributed by atoms with Crippen molar-refractivity contribution in [2.75, 3.05) is 13.7 Å². The Morgan fingerprint density at radius 3 is 2.07 bits per heavy atom. The summed E-state index contributed by atoms with van der Waals surface area (Å²) in [5, 5.41) is 1.44. The van der Waals surface area contributed by atoms with E-state index in [2.05, 4.69) is 64.3 Å². The lowest BCUT2D eigenvalue weighted by Gasteiger charge is -2.42. The molecule has 2 N–H and O–H groups in total. The quantitative estimate of drug-likeness (QED) is 0.143. The molecule has 4 aromatic rings. The van der Waals surface area contributed by atoms with E-state index in [1.54, 1.807) is 6.07 Å². The van der Waals surface area contributed by atoms with Crippen LogP contribution >= 0.6 is 0 Å². The molecular weight excluding hydrogens is 532 g/mol. The van der Waals surface area contributed by atoms with Crippen LogP contribution in [0.5, 0.6) is 5.75 Å². The van der Waals surface area contributed by atoms with E-state index in [-0.39, 0.29) is 6.61 Å². The summed E-state index contributed by atoms with van der Waals surface area (Å²) in [4.78, 5) is 24.7. The summed E-state index contributed by atoms with van der Waals surface area (Å²) in [6.45, 7) is 14.3. The Hall–Kier alpha value is -3.62. The summed E-state index contributed by atoms with van der Waals surface area (Å²) in [5.74, 6) is -0.529. The van der Waals surface area contributed by atoms with Gasteiger partial charge in [0, 0.05) is 17.5 Å². The first-order chi connectivity index (χ1) is 19.5. The number of fused-ring (bicyclic) bond motifs is 3. The zero-order valence-electron chi connectivity index (χ0n) is 25.2. The Morgan fingerprint density at radius 1 is 0.829 bits per heavy atom. The third kappa shape index (κ3) is 5.90. The van der Waals surface area contributed by atoms with Gasteiger partial charge in [-0.3, -0.25) is 4.79 Å². The molecule has 218 valence electrons. The first kappa shape index (κ1) is 30.3. The van der Waals surface area contributed by atoms with Crippen molar-refractivity contribution in [1.82, 2.24) is 4.57 Å². The van der Waals surface area contributed by atoms with Crippen LogP contribution in [0, 0.1) is 0 Å². The lowest BCUT2D eigenvalue weighted by atomic mass is 10.0. The van der Waals surface area contributed by atoms with Gasteiger partial charge in [-0.1, -0.05) is 77.9 Å². The predicted octanol–water partition coefficient (Wildman–Crippen LogP) is 7.19. The molecule has 41 heavy (non-hydrogen) atoms. The molecule has 0 radical (unpaired) electrons. The molecule has 0 aliphatic rings. The summed E-state index contributed by atoms with van der Waals surface area (Å²) in [5.41, 5.74) is 11.3. The van der Waals surface area contributed by atoms with Crippen LogP contribution in [-0.2, 0) is 27.1 Å². The van der Waals surface area contributed by atoms with E-state index < -0.39 is 20.2 Å². The van der Waals surface area contributed by atoms with Gasteiger partial charge >= 0.3 is 5.97 Å². The van der Waals surface area contributed by atoms with Crippen LogP contribution in [0.15, 0.2) is 60.7 Å². The first-order valence-corrected chi connectivity index (χ1v) is 16.4. The van der Waals surface area contributed by atoms with Crippen LogP contribution in [0.4, 0.5) is 0 Å². The van der Waals surface area contributed by atoms with Crippen LogP contribution in [0.1, 0.15) is 63.0 Å². The minimum atomic E-state index is -2.15. The number of nitrogens with two attached hydrogens (primary N) is 1. The second kappa shape index (κ2) is 12.5. The van der Waals surface area contributed by atoms with E-state index in [9.17, 15) is 9.59 Å².